The molecule has 0 unspecified atom stereocenters. The van der Waals surface area contributed by atoms with Gasteiger partial charge in [0.25, 0.3) is 5.91 Å². The van der Waals surface area contributed by atoms with Gasteiger partial charge in [-0.1, -0.05) is 25.1 Å². The van der Waals surface area contributed by atoms with E-state index < -0.39 is 21.7 Å². The van der Waals surface area contributed by atoms with Gasteiger partial charge in [-0.25, -0.2) is 12.8 Å². The third-order valence-electron chi connectivity index (χ3n) is 4.78. The minimum Gasteiger partial charge on any atom is -0.494 e. The van der Waals surface area contributed by atoms with E-state index in [9.17, 15) is 17.6 Å². The summed E-state index contributed by atoms with van der Waals surface area (Å²) in [5.74, 6) is -0.104. The normalized spacial score (nSPS) is 18.0. The van der Waals surface area contributed by atoms with E-state index in [2.05, 4.69) is 0 Å². The largest absolute Gasteiger partial charge is 0.494 e. The summed E-state index contributed by atoms with van der Waals surface area (Å²) < 4.78 is 43.6. The lowest BCUT2D eigenvalue weighted by molar-refractivity contribution is 0.0679. The van der Waals surface area contributed by atoms with Crippen LogP contribution in [-0.2, 0) is 16.4 Å². The van der Waals surface area contributed by atoms with E-state index in [-0.39, 0.29) is 24.0 Å². The SMILES string of the molecule is CCCOc1ccc(C(=O)N(Cc2ccccc2F)[C@H]2CCS(=O)(=O)C2)cc1. The Kier molecular flexibility index (Phi) is 6.34. The molecule has 28 heavy (non-hydrogen) atoms. The van der Waals surface area contributed by atoms with Crippen LogP contribution in [0.15, 0.2) is 48.5 Å². The zero-order valence-corrected chi connectivity index (χ0v) is 16.6. The lowest BCUT2D eigenvalue weighted by Gasteiger charge is -2.28. The van der Waals surface area contributed by atoms with Crippen LogP contribution in [0.3, 0.4) is 0 Å². The fourth-order valence-corrected chi connectivity index (χ4v) is 5.01. The lowest BCUT2D eigenvalue weighted by Crippen LogP contribution is -2.40. The molecule has 1 amide bonds. The van der Waals surface area contributed by atoms with Crippen molar-refractivity contribution in [3.8, 4) is 5.75 Å². The van der Waals surface area contributed by atoms with E-state index in [0.29, 0.717) is 29.9 Å². The zero-order valence-electron chi connectivity index (χ0n) is 15.8. The van der Waals surface area contributed by atoms with Crippen molar-refractivity contribution >= 4 is 15.7 Å². The standard InChI is InChI=1S/C21H24FNO4S/c1-2-12-27-19-9-7-16(8-10-19)21(24)23(18-11-13-28(25,26)15-18)14-17-5-3-4-6-20(17)22/h3-10,18H,2,11-15H2,1H3/t18-/m0/s1. The Morgan fingerprint density at radius 2 is 1.89 bits per heavy atom. The maximum Gasteiger partial charge on any atom is 0.254 e. The van der Waals surface area contributed by atoms with Crippen molar-refractivity contribution in [2.75, 3.05) is 18.1 Å². The van der Waals surface area contributed by atoms with Gasteiger partial charge in [-0.3, -0.25) is 4.79 Å². The zero-order chi connectivity index (χ0) is 20.1. The summed E-state index contributed by atoms with van der Waals surface area (Å²) in [6.07, 6.45) is 1.24. The molecule has 3 rings (SSSR count). The monoisotopic (exact) mass is 405 g/mol. The van der Waals surface area contributed by atoms with Gasteiger partial charge in [0, 0.05) is 23.7 Å². The van der Waals surface area contributed by atoms with Gasteiger partial charge in [-0.2, -0.15) is 0 Å². The van der Waals surface area contributed by atoms with Crippen LogP contribution in [0.5, 0.6) is 5.75 Å². The van der Waals surface area contributed by atoms with Crippen LogP contribution in [0.4, 0.5) is 4.39 Å². The number of carbonyl (C=O) groups is 1. The number of halogens is 1. The van der Waals surface area contributed by atoms with E-state index in [1.807, 2.05) is 6.92 Å². The Bertz CT molecular complexity index is 928. The van der Waals surface area contributed by atoms with E-state index in [1.165, 1.54) is 11.0 Å². The van der Waals surface area contributed by atoms with Gasteiger partial charge in [0.1, 0.15) is 11.6 Å². The van der Waals surface area contributed by atoms with Crippen molar-refractivity contribution < 1.29 is 22.3 Å². The van der Waals surface area contributed by atoms with Crippen LogP contribution in [0.1, 0.15) is 35.7 Å². The van der Waals surface area contributed by atoms with Crippen LogP contribution < -0.4 is 4.74 Å². The van der Waals surface area contributed by atoms with Crippen molar-refractivity contribution in [3.63, 3.8) is 0 Å². The molecule has 5 nitrogen and oxygen atoms in total. The first kappa shape index (κ1) is 20.3. The number of hydrogen-bond acceptors (Lipinski definition) is 4. The summed E-state index contributed by atoms with van der Waals surface area (Å²) in [7, 11) is -3.18. The number of carbonyl (C=O) groups excluding carboxylic acids is 1. The van der Waals surface area contributed by atoms with Crippen molar-refractivity contribution in [1.29, 1.82) is 0 Å². The molecule has 1 fully saturated rings. The predicted octanol–water partition coefficient (Wildman–Crippen LogP) is 3.44. The lowest BCUT2D eigenvalue weighted by atomic mass is 10.1. The topological polar surface area (TPSA) is 63.7 Å². The average molecular weight is 405 g/mol. The molecule has 0 aromatic heterocycles. The molecule has 0 radical (unpaired) electrons. The molecule has 0 saturated carbocycles. The average Bonchev–Trinajstić information content (AvgIpc) is 3.05. The Morgan fingerprint density at radius 3 is 2.50 bits per heavy atom. The maximum atomic E-state index is 14.2. The summed E-state index contributed by atoms with van der Waals surface area (Å²) in [5.41, 5.74) is 0.785. The molecule has 1 saturated heterocycles. The first-order valence-corrected chi connectivity index (χ1v) is 11.2. The minimum atomic E-state index is -3.18. The number of ether oxygens (including phenoxy) is 1. The fraction of sp³-hybridized carbons (Fsp3) is 0.381. The summed E-state index contributed by atoms with van der Waals surface area (Å²) in [5, 5.41) is 0. The highest BCUT2D eigenvalue weighted by molar-refractivity contribution is 7.91. The predicted molar refractivity (Wildman–Crippen MR) is 106 cm³/mol. The van der Waals surface area contributed by atoms with Crippen molar-refractivity contribution in [2.24, 2.45) is 0 Å². The van der Waals surface area contributed by atoms with Crippen LogP contribution in [0, 0.1) is 5.82 Å². The van der Waals surface area contributed by atoms with E-state index in [4.69, 9.17) is 4.74 Å². The number of rotatable bonds is 7. The smallest absolute Gasteiger partial charge is 0.254 e. The summed E-state index contributed by atoms with van der Waals surface area (Å²) in [6.45, 7) is 2.63. The summed E-state index contributed by atoms with van der Waals surface area (Å²) in [4.78, 5) is 14.6. The molecule has 1 heterocycles. The summed E-state index contributed by atoms with van der Waals surface area (Å²) in [6, 6.07) is 12.5. The fourth-order valence-electron chi connectivity index (χ4n) is 3.28. The van der Waals surface area contributed by atoms with Crippen molar-refractivity contribution in [2.45, 2.75) is 32.4 Å². The molecule has 2 aromatic carbocycles. The third kappa shape index (κ3) is 4.90. The molecule has 1 aliphatic heterocycles. The Labute approximate surface area is 165 Å². The molecule has 0 spiro atoms. The quantitative estimate of drug-likeness (QED) is 0.708. The Hall–Kier alpha value is -2.41. The van der Waals surface area contributed by atoms with Gasteiger partial charge < -0.3 is 9.64 Å². The minimum absolute atomic E-state index is 0.0276. The van der Waals surface area contributed by atoms with Gasteiger partial charge in [0.05, 0.1) is 18.1 Å². The maximum absolute atomic E-state index is 14.2. The Balaban J connectivity index is 1.85. The number of nitrogens with zero attached hydrogens (tertiary/aromatic N) is 1. The third-order valence-corrected chi connectivity index (χ3v) is 6.53. The molecule has 1 aliphatic rings. The van der Waals surface area contributed by atoms with Gasteiger partial charge in [0.2, 0.25) is 0 Å². The van der Waals surface area contributed by atoms with E-state index in [1.54, 1.807) is 42.5 Å². The van der Waals surface area contributed by atoms with Crippen molar-refractivity contribution in [1.82, 2.24) is 4.90 Å². The van der Waals surface area contributed by atoms with Gasteiger partial charge in [-0.05, 0) is 43.2 Å². The molecule has 1 atom stereocenters. The summed E-state index contributed by atoms with van der Waals surface area (Å²) >= 11 is 0. The molecule has 7 heteroatoms. The van der Waals surface area contributed by atoms with Crippen LogP contribution >= 0.6 is 0 Å². The van der Waals surface area contributed by atoms with Gasteiger partial charge >= 0.3 is 0 Å². The molecular weight excluding hydrogens is 381 g/mol. The molecule has 0 aliphatic carbocycles. The number of hydrogen-bond donors (Lipinski definition) is 0. The van der Waals surface area contributed by atoms with E-state index in [0.717, 1.165) is 6.42 Å². The molecular formula is C21H24FNO4S. The highest BCUT2D eigenvalue weighted by Gasteiger charge is 2.35. The number of amides is 1. The van der Waals surface area contributed by atoms with Gasteiger partial charge in [-0.15, -0.1) is 0 Å². The second-order valence-corrected chi connectivity index (χ2v) is 9.18. The van der Waals surface area contributed by atoms with E-state index >= 15 is 0 Å². The second-order valence-electron chi connectivity index (χ2n) is 6.95. The van der Waals surface area contributed by atoms with Crippen LogP contribution in [-0.4, -0.2) is 43.4 Å². The number of sulfone groups is 1. The van der Waals surface area contributed by atoms with Crippen LogP contribution in [0.25, 0.3) is 0 Å². The second kappa shape index (κ2) is 8.73. The molecule has 0 bridgehead atoms. The first-order chi connectivity index (χ1) is 13.4. The van der Waals surface area contributed by atoms with Crippen LogP contribution in [0.2, 0.25) is 0 Å². The first-order valence-electron chi connectivity index (χ1n) is 9.37. The highest BCUT2D eigenvalue weighted by atomic mass is 32.2. The highest BCUT2D eigenvalue weighted by Crippen LogP contribution is 2.24. The molecule has 0 N–H and O–H groups in total. The Morgan fingerprint density at radius 1 is 1.18 bits per heavy atom. The van der Waals surface area contributed by atoms with Gasteiger partial charge in [0.15, 0.2) is 9.84 Å². The molecule has 150 valence electrons. The number of benzene rings is 2. The molecule has 2 aromatic rings. The van der Waals surface area contributed by atoms with Crippen molar-refractivity contribution in [3.05, 3.63) is 65.5 Å².